The summed E-state index contributed by atoms with van der Waals surface area (Å²) in [5.41, 5.74) is 0.705. The van der Waals surface area contributed by atoms with Gasteiger partial charge in [0.15, 0.2) is 5.69 Å². The largest absolute Gasteiger partial charge is 0.476 e. The molecule has 0 atom stereocenters. The van der Waals surface area contributed by atoms with Crippen LogP contribution in [0.4, 0.5) is 0 Å². The Bertz CT molecular complexity index is 353. The number of hydrogen-bond donors (Lipinski definition) is 1. The standard InChI is InChI=1S/C13H20N2O2/c1-2-3-4-5-6-7-8-11-12(13(16)17)15-10-9-14-11/h9-10H,2-8H2,1H3,(H,16,17). The first kappa shape index (κ1) is 13.6. The van der Waals surface area contributed by atoms with Crippen LogP contribution in [0.5, 0.6) is 0 Å². The lowest BCUT2D eigenvalue weighted by atomic mass is 10.1. The van der Waals surface area contributed by atoms with Crippen molar-refractivity contribution in [1.82, 2.24) is 9.97 Å². The SMILES string of the molecule is CCCCCCCCc1nccnc1C(=O)O. The van der Waals surface area contributed by atoms with Crippen molar-refractivity contribution >= 4 is 5.97 Å². The predicted molar refractivity (Wildman–Crippen MR) is 66.1 cm³/mol. The third-order valence-electron chi connectivity index (χ3n) is 2.74. The van der Waals surface area contributed by atoms with Crippen LogP contribution >= 0.6 is 0 Å². The lowest BCUT2D eigenvalue weighted by Crippen LogP contribution is -2.07. The molecule has 0 amide bonds. The second-order valence-corrected chi connectivity index (χ2v) is 4.17. The van der Waals surface area contributed by atoms with E-state index in [4.69, 9.17) is 5.11 Å². The molecule has 0 radical (unpaired) electrons. The summed E-state index contributed by atoms with van der Waals surface area (Å²) in [7, 11) is 0. The number of carboxylic acids is 1. The molecule has 17 heavy (non-hydrogen) atoms. The second kappa shape index (κ2) is 7.76. The Labute approximate surface area is 102 Å². The number of nitrogens with zero attached hydrogens (tertiary/aromatic N) is 2. The van der Waals surface area contributed by atoms with Crippen molar-refractivity contribution in [3.05, 3.63) is 23.8 Å². The Kier molecular flexibility index (Phi) is 6.22. The molecule has 1 heterocycles. The average Bonchev–Trinajstić information content (AvgIpc) is 2.34. The van der Waals surface area contributed by atoms with Crippen molar-refractivity contribution in [3.8, 4) is 0 Å². The Morgan fingerprint density at radius 3 is 2.47 bits per heavy atom. The van der Waals surface area contributed by atoms with Gasteiger partial charge in [0.05, 0.1) is 5.69 Å². The summed E-state index contributed by atoms with van der Waals surface area (Å²) in [5, 5.41) is 8.94. The zero-order chi connectivity index (χ0) is 12.5. The first-order valence-corrected chi connectivity index (χ1v) is 6.29. The molecule has 1 rings (SSSR count). The third kappa shape index (κ3) is 4.93. The van der Waals surface area contributed by atoms with Crippen LogP contribution in [0.3, 0.4) is 0 Å². The van der Waals surface area contributed by atoms with Crippen LogP contribution in [0.25, 0.3) is 0 Å². The molecule has 4 nitrogen and oxygen atoms in total. The molecule has 0 saturated carbocycles. The normalized spacial score (nSPS) is 10.4. The molecule has 1 aromatic rings. The van der Waals surface area contributed by atoms with Gasteiger partial charge in [0, 0.05) is 12.4 Å². The molecule has 94 valence electrons. The van der Waals surface area contributed by atoms with Crippen LogP contribution in [-0.4, -0.2) is 21.0 Å². The van der Waals surface area contributed by atoms with Gasteiger partial charge >= 0.3 is 5.97 Å². The highest BCUT2D eigenvalue weighted by molar-refractivity contribution is 5.86. The summed E-state index contributed by atoms with van der Waals surface area (Å²) >= 11 is 0. The lowest BCUT2D eigenvalue weighted by Gasteiger charge is -2.03. The fourth-order valence-corrected chi connectivity index (χ4v) is 1.80. The Morgan fingerprint density at radius 2 is 1.76 bits per heavy atom. The van der Waals surface area contributed by atoms with Gasteiger partial charge in [-0.3, -0.25) is 4.98 Å². The molecule has 0 aliphatic carbocycles. The minimum Gasteiger partial charge on any atom is -0.476 e. The third-order valence-corrected chi connectivity index (χ3v) is 2.74. The monoisotopic (exact) mass is 236 g/mol. The number of carbonyl (C=O) groups is 1. The van der Waals surface area contributed by atoms with Gasteiger partial charge in [0.2, 0.25) is 0 Å². The highest BCUT2D eigenvalue weighted by atomic mass is 16.4. The van der Waals surface area contributed by atoms with E-state index in [9.17, 15) is 4.79 Å². The van der Waals surface area contributed by atoms with Crippen molar-refractivity contribution < 1.29 is 9.90 Å². The Morgan fingerprint density at radius 1 is 1.12 bits per heavy atom. The lowest BCUT2D eigenvalue weighted by molar-refractivity contribution is 0.0688. The summed E-state index contributed by atoms with van der Waals surface area (Å²) < 4.78 is 0. The maximum absolute atomic E-state index is 10.9. The van der Waals surface area contributed by atoms with E-state index in [1.165, 1.54) is 31.9 Å². The molecule has 0 spiro atoms. The molecule has 0 fully saturated rings. The van der Waals surface area contributed by atoms with Gasteiger partial charge < -0.3 is 5.11 Å². The molecule has 1 N–H and O–H groups in total. The van der Waals surface area contributed by atoms with E-state index >= 15 is 0 Å². The van der Waals surface area contributed by atoms with E-state index in [0.717, 1.165) is 12.8 Å². The topological polar surface area (TPSA) is 63.1 Å². The van der Waals surface area contributed by atoms with Gasteiger partial charge in [-0.1, -0.05) is 39.0 Å². The van der Waals surface area contributed by atoms with Crippen molar-refractivity contribution in [3.63, 3.8) is 0 Å². The first-order valence-electron chi connectivity index (χ1n) is 6.29. The minimum atomic E-state index is -0.987. The summed E-state index contributed by atoms with van der Waals surface area (Å²) in [4.78, 5) is 18.8. The molecule has 0 unspecified atom stereocenters. The van der Waals surface area contributed by atoms with Crippen molar-refractivity contribution in [2.24, 2.45) is 0 Å². The quantitative estimate of drug-likeness (QED) is 0.704. The van der Waals surface area contributed by atoms with Gasteiger partial charge in [0.25, 0.3) is 0 Å². The van der Waals surface area contributed by atoms with Crippen LogP contribution < -0.4 is 0 Å². The number of rotatable bonds is 8. The van der Waals surface area contributed by atoms with Gasteiger partial charge in [-0.15, -0.1) is 0 Å². The molecule has 0 aliphatic heterocycles. The van der Waals surface area contributed by atoms with E-state index < -0.39 is 5.97 Å². The summed E-state index contributed by atoms with van der Waals surface area (Å²) in [5.74, 6) is -0.987. The Hall–Kier alpha value is -1.45. The maximum atomic E-state index is 10.9. The van der Waals surface area contributed by atoms with Gasteiger partial charge in [-0.2, -0.15) is 0 Å². The summed E-state index contributed by atoms with van der Waals surface area (Å²) in [6.45, 7) is 2.19. The fourth-order valence-electron chi connectivity index (χ4n) is 1.80. The number of carboxylic acid groups (broad SMARTS) is 1. The van der Waals surface area contributed by atoms with Crippen LogP contribution in [0.1, 0.15) is 61.6 Å². The van der Waals surface area contributed by atoms with Crippen LogP contribution in [0.2, 0.25) is 0 Å². The molecule has 0 aromatic carbocycles. The predicted octanol–water partition coefficient (Wildman–Crippen LogP) is 3.08. The van der Waals surface area contributed by atoms with Crippen molar-refractivity contribution in [2.45, 2.75) is 51.9 Å². The number of aryl methyl sites for hydroxylation is 1. The first-order chi connectivity index (χ1) is 8.25. The van der Waals surface area contributed by atoms with E-state index in [2.05, 4.69) is 16.9 Å². The average molecular weight is 236 g/mol. The van der Waals surface area contributed by atoms with Gasteiger partial charge in [0.1, 0.15) is 0 Å². The van der Waals surface area contributed by atoms with E-state index in [1.54, 1.807) is 6.20 Å². The van der Waals surface area contributed by atoms with Crippen molar-refractivity contribution in [2.75, 3.05) is 0 Å². The fraction of sp³-hybridized carbons (Fsp3) is 0.615. The van der Waals surface area contributed by atoms with E-state index in [1.807, 2.05) is 0 Å². The molecular formula is C13H20N2O2. The molecule has 4 heteroatoms. The minimum absolute atomic E-state index is 0.0982. The van der Waals surface area contributed by atoms with E-state index in [0.29, 0.717) is 12.1 Å². The van der Waals surface area contributed by atoms with Crippen LogP contribution in [-0.2, 0) is 6.42 Å². The van der Waals surface area contributed by atoms with Crippen molar-refractivity contribution in [1.29, 1.82) is 0 Å². The maximum Gasteiger partial charge on any atom is 0.356 e. The molecule has 0 aliphatic rings. The second-order valence-electron chi connectivity index (χ2n) is 4.17. The number of aromatic carboxylic acids is 1. The number of unbranched alkanes of at least 4 members (excludes halogenated alkanes) is 5. The van der Waals surface area contributed by atoms with Crippen LogP contribution in [0.15, 0.2) is 12.4 Å². The highest BCUT2D eigenvalue weighted by Crippen LogP contribution is 2.10. The zero-order valence-corrected chi connectivity index (χ0v) is 10.4. The smallest absolute Gasteiger partial charge is 0.356 e. The molecule has 0 bridgehead atoms. The summed E-state index contributed by atoms with van der Waals surface area (Å²) in [6, 6.07) is 0. The number of aromatic nitrogens is 2. The molecule has 1 aromatic heterocycles. The highest BCUT2D eigenvalue weighted by Gasteiger charge is 2.11. The Balaban J connectivity index is 2.34. The molecular weight excluding hydrogens is 216 g/mol. The zero-order valence-electron chi connectivity index (χ0n) is 10.4. The van der Waals surface area contributed by atoms with E-state index in [-0.39, 0.29) is 5.69 Å². The van der Waals surface area contributed by atoms with Crippen LogP contribution in [0, 0.1) is 0 Å². The summed E-state index contributed by atoms with van der Waals surface area (Å²) in [6.07, 6.45) is 10.8. The molecule has 0 saturated heterocycles. The van der Waals surface area contributed by atoms with Gasteiger partial charge in [-0.25, -0.2) is 9.78 Å². The van der Waals surface area contributed by atoms with Gasteiger partial charge in [-0.05, 0) is 12.8 Å². The number of hydrogen-bond acceptors (Lipinski definition) is 3.